The molecule has 0 aliphatic carbocycles. The summed E-state index contributed by atoms with van der Waals surface area (Å²) in [5, 5.41) is 19.9. The number of anilines is 1. The van der Waals surface area contributed by atoms with E-state index in [1.54, 1.807) is 11.9 Å². The van der Waals surface area contributed by atoms with Crippen LogP contribution in [0.2, 0.25) is 0 Å². The van der Waals surface area contributed by atoms with Crippen LogP contribution in [0.25, 0.3) is 0 Å². The van der Waals surface area contributed by atoms with Crippen molar-refractivity contribution in [2.75, 3.05) is 18.5 Å². The molecule has 19 heavy (non-hydrogen) atoms. The molecule has 1 aromatic carbocycles. The van der Waals surface area contributed by atoms with E-state index >= 15 is 0 Å². The minimum absolute atomic E-state index is 0.0718. The average molecular weight is 266 g/mol. The Morgan fingerprint density at radius 1 is 1.42 bits per heavy atom. The highest BCUT2D eigenvalue weighted by atomic mass is 16.6. The Labute approximate surface area is 111 Å². The van der Waals surface area contributed by atoms with Crippen LogP contribution in [0.1, 0.15) is 36.5 Å². The second-order valence-electron chi connectivity index (χ2n) is 4.39. The molecule has 0 spiro atoms. The number of nitro benzene ring substituents is 1. The molecule has 0 aliphatic heterocycles. The number of carboxylic acid groups (broad SMARTS) is 1. The van der Waals surface area contributed by atoms with E-state index < -0.39 is 10.9 Å². The third kappa shape index (κ3) is 3.94. The third-order valence-electron chi connectivity index (χ3n) is 2.93. The fourth-order valence-corrected chi connectivity index (χ4v) is 1.84. The van der Waals surface area contributed by atoms with Gasteiger partial charge in [0.25, 0.3) is 5.69 Å². The van der Waals surface area contributed by atoms with Crippen LogP contribution < -0.4 is 4.90 Å². The maximum Gasteiger partial charge on any atom is 0.335 e. The smallest absolute Gasteiger partial charge is 0.335 e. The summed E-state index contributed by atoms with van der Waals surface area (Å²) in [6.45, 7) is 2.80. The quantitative estimate of drug-likeness (QED) is 0.466. The van der Waals surface area contributed by atoms with Gasteiger partial charge in [0.05, 0.1) is 10.5 Å². The zero-order valence-electron chi connectivity index (χ0n) is 11.1. The van der Waals surface area contributed by atoms with Gasteiger partial charge in [0, 0.05) is 19.7 Å². The molecule has 1 aromatic rings. The van der Waals surface area contributed by atoms with Crippen LogP contribution in [0.3, 0.4) is 0 Å². The first-order valence-corrected chi connectivity index (χ1v) is 6.20. The Kier molecular flexibility index (Phi) is 5.29. The van der Waals surface area contributed by atoms with Gasteiger partial charge in [-0.05, 0) is 18.6 Å². The maximum absolute atomic E-state index is 11.0. The predicted octanol–water partition coefficient (Wildman–Crippen LogP) is 2.92. The summed E-state index contributed by atoms with van der Waals surface area (Å²) >= 11 is 0. The van der Waals surface area contributed by atoms with Crippen LogP contribution in [0.5, 0.6) is 0 Å². The number of nitrogens with zero attached hydrogens (tertiary/aromatic N) is 2. The second-order valence-corrected chi connectivity index (χ2v) is 4.39. The molecule has 0 aromatic heterocycles. The summed E-state index contributed by atoms with van der Waals surface area (Å²) in [5.41, 5.74) is 0.211. The predicted molar refractivity (Wildman–Crippen MR) is 72.9 cm³/mol. The lowest BCUT2D eigenvalue weighted by Gasteiger charge is -2.19. The molecule has 0 unspecified atom stereocenters. The van der Waals surface area contributed by atoms with Gasteiger partial charge >= 0.3 is 5.97 Å². The first-order chi connectivity index (χ1) is 8.97. The molecule has 0 heterocycles. The molecule has 104 valence electrons. The molecule has 0 fully saturated rings. The maximum atomic E-state index is 11.0. The van der Waals surface area contributed by atoms with Crippen molar-refractivity contribution < 1.29 is 14.8 Å². The van der Waals surface area contributed by atoms with Crippen LogP contribution >= 0.6 is 0 Å². The van der Waals surface area contributed by atoms with Crippen LogP contribution in [-0.4, -0.2) is 29.6 Å². The summed E-state index contributed by atoms with van der Waals surface area (Å²) in [5.74, 6) is -1.16. The van der Waals surface area contributed by atoms with E-state index in [1.807, 2.05) is 0 Å². The van der Waals surface area contributed by atoms with Crippen LogP contribution in [-0.2, 0) is 0 Å². The van der Waals surface area contributed by atoms with Gasteiger partial charge in [0.15, 0.2) is 0 Å². The van der Waals surface area contributed by atoms with E-state index in [2.05, 4.69) is 6.92 Å². The average Bonchev–Trinajstić information content (AvgIpc) is 2.38. The van der Waals surface area contributed by atoms with E-state index in [4.69, 9.17) is 5.11 Å². The van der Waals surface area contributed by atoms with Crippen molar-refractivity contribution in [1.82, 2.24) is 0 Å². The Morgan fingerprint density at radius 2 is 2.11 bits per heavy atom. The van der Waals surface area contributed by atoms with Crippen LogP contribution in [0, 0.1) is 10.1 Å². The molecular weight excluding hydrogens is 248 g/mol. The molecule has 6 heteroatoms. The second kappa shape index (κ2) is 6.72. The largest absolute Gasteiger partial charge is 0.478 e. The van der Waals surface area contributed by atoms with Gasteiger partial charge < -0.3 is 10.0 Å². The Balaban J connectivity index is 2.99. The van der Waals surface area contributed by atoms with Gasteiger partial charge in [0.2, 0.25) is 0 Å². The van der Waals surface area contributed by atoms with Gasteiger partial charge in [-0.1, -0.05) is 19.8 Å². The van der Waals surface area contributed by atoms with Crippen molar-refractivity contribution in [1.29, 1.82) is 0 Å². The van der Waals surface area contributed by atoms with Crippen molar-refractivity contribution in [2.24, 2.45) is 0 Å². The molecule has 0 saturated carbocycles. The number of rotatable bonds is 7. The number of aromatic carboxylic acids is 1. The Bertz CT molecular complexity index is 474. The molecule has 0 amide bonds. The van der Waals surface area contributed by atoms with Gasteiger partial charge in [0.1, 0.15) is 5.69 Å². The first kappa shape index (κ1) is 14.9. The van der Waals surface area contributed by atoms with E-state index in [9.17, 15) is 14.9 Å². The molecule has 0 bridgehead atoms. The highest BCUT2D eigenvalue weighted by Gasteiger charge is 2.19. The lowest BCUT2D eigenvalue weighted by atomic mass is 10.1. The highest BCUT2D eigenvalue weighted by Crippen LogP contribution is 2.28. The molecule has 0 radical (unpaired) electrons. The number of hydrogen-bond donors (Lipinski definition) is 1. The minimum atomic E-state index is -1.16. The molecule has 1 rings (SSSR count). The van der Waals surface area contributed by atoms with Crippen molar-refractivity contribution in [3.63, 3.8) is 0 Å². The molecule has 0 saturated heterocycles. The van der Waals surface area contributed by atoms with Gasteiger partial charge in [-0.25, -0.2) is 4.79 Å². The molecule has 1 N–H and O–H groups in total. The van der Waals surface area contributed by atoms with E-state index in [-0.39, 0.29) is 11.3 Å². The summed E-state index contributed by atoms with van der Waals surface area (Å²) in [7, 11) is 1.78. The Morgan fingerprint density at radius 3 is 2.63 bits per heavy atom. The standard InChI is InChI=1S/C13H18N2O4/c1-3-4-5-8-14(2)11-7-6-10(13(16)17)9-12(11)15(18)19/h6-7,9H,3-5,8H2,1-2H3,(H,16,17). The number of benzene rings is 1. The third-order valence-corrected chi connectivity index (χ3v) is 2.93. The number of hydrogen-bond acceptors (Lipinski definition) is 4. The lowest BCUT2D eigenvalue weighted by Crippen LogP contribution is -2.19. The number of nitro groups is 1. The zero-order valence-corrected chi connectivity index (χ0v) is 11.1. The minimum Gasteiger partial charge on any atom is -0.478 e. The van der Waals surface area contributed by atoms with Gasteiger partial charge in [-0.15, -0.1) is 0 Å². The summed E-state index contributed by atoms with van der Waals surface area (Å²) in [6.07, 6.45) is 3.09. The van der Waals surface area contributed by atoms with Gasteiger partial charge in [-0.3, -0.25) is 10.1 Å². The van der Waals surface area contributed by atoms with Crippen molar-refractivity contribution >= 4 is 17.3 Å². The highest BCUT2D eigenvalue weighted by molar-refractivity contribution is 5.89. The molecule has 0 aliphatic rings. The van der Waals surface area contributed by atoms with Gasteiger partial charge in [-0.2, -0.15) is 0 Å². The fraction of sp³-hybridized carbons (Fsp3) is 0.462. The lowest BCUT2D eigenvalue weighted by molar-refractivity contribution is -0.384. The normalized spacial score (nSPS) is 10.2. The number of unbranched alkanes of at least 4 members (excludes halogenated alkanes) is 2. The number of carbonyl (C=O) groups is 1. The van der Waals surface area contributed by atoms with Crippen molar-refractivity contribution in [3.05, 3.63) is 33.9 Å². The summed E-state index contributed by atoms with van der Waals surface area (Å²) in [4.78, 5) is 23.1. The number of carboxylic acids is 1. The summed E-state index contributed by atoms with van der Waals surface area (Å²) < 4.78 is 0. The fourth-order valence-electron chi connectivity index (χ4n) is 1.84. The summed E-state index contributed by atoms with van der Waals surface area (Å²) in [6, 6.07) is 3.99. The molecule has 6 nitrogen and oxygen atoms in total. The SMILES string of the molecule is CCCCCN(C)c1ccc(C(=O)O)cc1[N+](=O)[O-]. The van der Waals surface area contributed by atoms with Crippen LogP contribution in [0.15, 0.2) is 18.2 Å². The zero-order chi connectivity index (χ0) is 14.4. The topological polar surface area (TPSA) is 83.7 Å². The Hall–Kier alpha value is -2.11. The van der Waals surface area contributed by atoms with E-state index in [0.29, 0.717) is 12.2 Å². The van der Waals surface area contributed by atoms with Crippen molar-refractivity contribution in [3.8, 4) is 0 Å². The van der Waals surface area contributed by atoms with E-state index in [0.717, 1.165) is 25.3 Å². The monoisotopic (exact) mass is 266 g/mol. The molecular formula is C13H18N2O4. The van der Waals surface area contributed by atoms with Crippen LogP contribution in [0.4, 0.5) is 11.4 Å². The molecule has 0 atom stereocenters. The van der Waals surface area contributed by atoms with E-state index in [1.165, 1.54) is 12.1 Å². The first-order valence-electron chi connectivity index (χ1n) is 6.20. The van der Waals surface area contributed by atoms with Crippen molar-refractivity contribution in [2.45, 2.75) is 26.2 Å².